The molecule has 4 nitrogen and oxygen atoms in total. The van der Waals surface area contributed by atoms with Crippen LogP contribution >= 0.6 is 11.3 Å². The van der Waals surface area contributed by atoms with Crippen molar-refractivity contribution < 1.29 is 9.53 Å². The van der Waals surface area contributed by atoms with Crippen LogP contribution in [-0.4, -0.2) is 41.9 Å². The Bertz CT molecular complexity index is 991. The van der Waals surface area contributed by atoms with Gasteiger partial charge in [0.2, 0.25) is 0 Å². The van der Waals surface area contributed by atoms with Gasteiger partial charge in [0.25, 0.3) is 5.91 Å². The predicted molar refractivity (Wildman–Crippen MR) is 122 cm³/mol. The van der Waals surface area contributed by atoms with Crippen molar-refractivity contribution in [3.05, 3.63) is 87.1 Å². The number of hydrogen-bond acceptors (Lipinski definition) is 4. The molecule has 1 saturated heterocycles. The topological polar surface area (TPSA) is 32.8 Å². The summed E-state index contributed by atoms with van der Waals surface area (Å²) in [7, 11) is 0. The van der Waals surface area contributed by atoms with Gasteiger partial charge in [0.15, 0.2) is 0 Å². The van der Waals surface area contributed by atoms with Crippen LogP contribution < -0.4 is 4.74 Å². The van der Waals surface area contributed by atoms with Gasteiger partial charge in [-0.3, -0.25) is 9.69 Å². The van der Waals surface area contributed by atoms with Crippen LogP contribution in [-0.2, 0) is 13.2 Å². The van der Waals surface area contributed by atoms with Gasteiger partial charge < -0.3 is 9.64 Å². The lowest BCUT2D eigenvalue weighted by molar-refractivity contribution is 0.0633. The fraction of sp³-hybridized carbons (Fsp3) is 0.320. The maximum absolute atomic E-state index is 12.9. The van der Waals surface area contributed by atoms with Crippen LogP contribution in [0.2, 0.25) is 0 Å². The number of hydrogen-bond donors (Lipinski definition) is 0. The number of carbonyl (C=O) groups is 1. The average molecular weight is 421 g/mol. The number of carbonyl (C=O) groups excluding carboxylic acids is 1. The van der Waals surface area contributed by atoms with E-state index < -0.39 is 0 Å². The third-order valence-electron chi connectivity index (χ3n) is 5.66. The molecule has 2 heterocycles. The minimum Gasteiger partial charge on any atom is -0.489 e. The molecule has 1 fully saturated rings. The van der Waals surface area contributed by atoms with E-state index in [0.29, 0.717) is 6.61 Å². The molecule has 0 aliphatic carbocycles. The molecule has 1 aliphatic heterocycles. The smallest absolute Gasteiger partial charge is 0.264 e. The molecule has 0 atom stereocenters. The van der Waals surface area contributed by atoms with Gasteiger partial charge in [-0.1, -0.05) is 36.4 Å². The highest BCUT2D eigenvalue weighted by Gasteiger charge is 2.23. The third kappa shape index (κ3) is 5.10. The van der Waals surface area contributed by atoms with Gasteiger partial charge in [0.1, 0.15) is 12.4 Å². The van der Waals surface area contributed by atoms with Crippen LogP contribution in [0.4, 0.5) is 0 Å². The summed E-state index contributed by atoms with van der Waals surface area (Å²) in [5.74, 6) is 1.00. The number of benzene rings is 2. The summed E-state index contributed by atoms with van der Waals surface area (Å²) in [6, 6.07) is 18.6. The Kier molecular flexibility index (Phi) is 6.50. The van der Waals surface area contributed by atoms with Crippen molar-refractivity contribution in [3.63, 3.8) is 0 Å². The van der Waals surface area contributed by atoms with E-state index in [9.17, 15) is 4.79 Å². The Morgan fingerprint density at radius 3 is 2.43 bits per heavy atom. The largest absolute Gasteiger partial charge is 0.489 e. The Labute approximate surface area is 182 Å². The zero-order chi connectivity index (χ0) is 20.9. The standard InChI is InChI=1S/C25H28N2O2S/c1-19-8-9-23(14-20(19)2)29-17-22-15-24(30-18-22)25(28)27-12-10-26(11-13-27)16-21-6-4-3-5-7-21/h3-9,14-15,18H,10-13,16-17H2,1-2H3. The first-order valence-corrected chi connectivity index (χ1v) is 11.3. The Morgan fingerprint density at radius 1 is 0.933 bits per heavy atom. The molecule has 0 spiro atoms. The zero-order valence-corrected chi connectivity index (χ0v) is 18.5. The molecule has 2 aromatic carbocycles. The zero-order valence-electron chi connectivity index (χ0n) is 17.6. The van der Waals surface area contributed by atoms with E-state index in [0.717, 1.165) is 48.9 Å². The van der Waals surface area contributed by atoms with E-state index in [4.69, 9.17) is 4.74 Å². The second-order valence-corrected chi connectivity index (χ2v) is 8.82. The Balaban J connectivity index is 1.28. The molecule has 156 valence electrons. The van der Waals surface area contributed by atoms with Crippen LogP contribution in [0.1, 0.15) is 31.9 Å². The van der Waals surface area contributed by atoms with Crippen LogP contribution in [0.15, 0.2) is 60.0 Å². The van der Waals surface area contributed by atoms with Crippen LogP contribution in [0.25, 0.3) is 0 Å². The molecule has 30 heavy (non-hydrogen) atoms. The lowest BCUT2D eigenvalue weighted by atomic mass is 10.1. The highest BCUT2D eigenvalue weighted by atomic mass is 32.1. The third-order valence-corrected chi connectivity index (χ3v) is 6.62. The number of ether oxygens (including phenoxy) is 1. The molecule has 1 aliphatic rings. The summed E-state index contributed by atoms with van der Waals surface area (Å²) in [6.07, 6.45) is 0. The van der Waals surface area contributed by atoms with E-state index in [2.05, 4.69) is 55.1 Å². The summed E-state index contributed by atoms with van der Waals surface area (Å²) >= 11 is 1.51. The molecule has 1 aromatic heterocycles. The molecule has 0 N–H and O–H groups in total. The summed E-state index contributed by atoms with van der Waals surface area (Å²) in [5, 5.41) is 2.03. The number of rotatable bonds is 6. The fourth-order valence-electron chi connectivity index (χ4n) is 3.64. The lowest BCUT2D eigenvalue weighted by Gasteiger charge is -2.34. The van der Waals surface area contributed by atoms with Gasteiger partial charge in [-0.2, -0.15) is 0 Å². The van der Waals surface area contributed by atoms with Crippen molar-refractivity contribution in [1.82, 2.24) is 9.80 Å². The number of piperazine rings is 1. The van der Waals surface area contributed by atoms with Gasteiger partial charge in [-0.05, 0) is 54.1 Å². The monoisotopic (exact) mass is 420 g/mol. The minimum atomic E-state index is 0.136. The molecule has 0 radical (unpaired) electrons. The van der Waals surface area contributed by atoms with Crippen LogP contribution in [0.5, 0.6) is 5.75 Å². The normalized spacial score (nSPS) is 14.7. The highest BCUT2D eigenvalue weighted by Crippen LogP contribution is 2.22. The van der Waals surface area contributed by atoms with E-state index in [-0.39, 0.29) is 5.91 Å². The number of aryl methyl sites for hydroxylation is 2. The predicted octanol–water partition coefficient (Wildman–Crippen LogP) is 4.90. The highest BCUT2D eigenvalue weighted by molar-refractivity contribution is 7.12. The Hall–Kier alpha value is -2.63. The van der Waals surface area contributed by atoms with Crippen molar-refractivity contribution in [3.8, 4) is 5.75 Å². The second kappa shape index (κ2) is 9.45. The van der Waals surface area contributed by atoms with Crippen molar-refractivity contribution in [2.24, 2.45) is 0 Å². The van der Waals surface area contributed by atoms with E-state index in [1.54, 1.807) is 0 Å². The maximum atomic E-state index is 12.9. The lowest BCUT2D eigenvalue weighted by Crippen LogP contribution is -2.48. The average Bonchev–Trinajstić information content (AvgIpc) is 3.24. The van der Waals surface area contributed by atoms with Gasteiger partial charge in [-0.15, -0.1) is 11.3 Å². The summed E-state index contributed by atoms with van der Waals surface area (Å²) in [5.41, 5.74) is 4.85. The van der Waals surface area contributed by atoms with Crippen molar-refractivity contribution in [2.75, 3.05) is 26.2 Å². The van der Waals surface area contributed by atoms with Gasteiger partial charge in [0, 0.05) is 38.3 Å². The Morgan fingerprint density at radius 2 is 1.70 bits per heavy atom. The minimum absolute atomic E-state index is 0.136. The second-order valence-electron chi connectivity index (χ2n) is 7.91. The first-order valence-electron chi connectivity index (χ1n) is 10.4. The molecule has 0 saturated carbocycles. The molecule has 5 heteroatoms. The van der Waals surface area contributed by atoms with Crippen molar-refractivity contribution in [1.29, 1.82) is 0 Å². The van der Waals surface area contributed by atoms with Gasteiger partial charge in [-0.25, -0.2) is 0 Å². The maximum Gasteiger partial charge on any atom is 0.264 e. The molecular weight excluding hydrogens is 392 g/mol. The van der Waals surface area contributed by atoms with E-state index >= 15 is 0 Å². The SMILES string of the molecule is Cc1ccc(OCc2csc(C(=O)N3CCN(Cc4ccccc4)CC3)c2)cc1C. The van der Waals surface area contributed by atoms with Gasteiger partial charge >= 0.3 is 0 Å². The number of thiophene rings is 1. The molecule has 0 unspecified atom stereocenters. The number of amides is 1. The number of nitrogens with zero attached hydrogens (tertiary/aromatic N) is 2. The first kappa shape index (κ1) is 20.6. The fourth-order valence-corrected chi connectivity index (χ4v) is 4.50. The van der Waals surface area contributed by atoms with Gasteiger partial charge in [0.05, 0.1) is 4.88 Å². The first-order chi connectivity index (χ1) is 14.6. The summed E-state index contributed by atoms with van der Waals surface area (Å²) in [4.78, 5) is 18.1. The molecule has 4 rings (SSSR count). The summed E-state index contributed by atoms with van der Waals surface area (Å²) in [6.45, 7) is 8.99. The van der Waals surface area contributed by atoms with E-state index in [1.807, 2.05) is 28.5 Å². The molecular formula is C25H28N2O2S. The van der Waals surface area contributed by atoms with Crippen LogP contribution in [0.3, 0.4) is 0 Å². The quantitative estimate of drug-likeness (QED) is 0.568. The molecule has 1 amide bonds. The van der Waals surface area contributed by atoms with E-state index in [1.165, 1.54) is 28.0 Å². The molecule has 3 aromatic rings. The van der Waals surface area contributed by atoms with Crippen molar-refractivity contribution >= 4 is 17.2 Å². The summed E-state index contributed by atoms with van der Waals surface area (Å²) < 4.78 is 5.91. The van der Waals surface area contributed by atoms with Crippen molar-refractivity contribution in [2.45, 2.75) is 27.0 Å². The van der Waals surface area contributed by atoms with Crippen LogP contribution in [0, 0.1) is 13.8 Å². The molecule has 0 bridgehead atoms.